The van der Waals surface area contributed by atoms with Crippen LogP contribution < -0.4 is 11.1 Å². The predicted octanol–water partition coefficient (Wildman–Crippen LogP) is 2.20. The Hall–Kier alpha value is -1.26. The van der Waals surface area contributed by atoms with Gasteiger partial charge in [0.25, 0.3) is 0 Å². The average Bonchev–Trinajstić information content (AvgIpc) is 2.30. The largest absolute Gasteiger partial charge is 0.399 e. The third-order valence-electron chi connectivity index (χ3n) is 2.79. The minimum atomic E-state index is -0.200. The van der Waals surface area contributed by atoms with Crippen LogP contribution in [0.4, 0.5) is 11.4 Å². The highest BCUT2D eigenvalue weighted by atomic mass is 35.5. The Labute approximate surface area is 107 Å². The Kier molecular flexibility index (Phi) is 4.78. The van der Waals surface area contributed by atoms with Crippen molar-refractivity contribution in [3.8, 4) is 0 Å². The summed E-state index contributed by atoms with van der Waals surface area (Å²) in [6.45, 7) is 4.66. The molecular weight excluding hydrogens is 238 g/mol. The Morgan fingerprint density at radius 2 is 2.24 bits per heavy atom. The molecule has 0 aliphatic rings. The van der Waals surface area contributed by atoms with Crippen LogP contribution in [-0.2, 0) is 4.79 Å². The van der Waals surface area contributed by atoms with E-state index in [-0.39, 0.29) is 11.9 Å². The molecule has 0 saturated carbocycles. The van der Waals surface area contributed by atoms with Crippen molar-refractivity contribution in [2.45, 2.75) is 19.9 Å². The fraction of sp³-hybridized carbons (Fsp3) is 0.417. The van der Waals surface area contributed by atoms with Crippen LogP contribution in [-0.4, -0.2) is 30.4 Å². The molecule has 1 amide bonds. The number of likely N-dealkylation sites (N-methyl/N-ethyl adjacent to an activating group) is 1. The monoisotopic (exact) mass is 255 g/mol. The van der Waals surface area contributed by atoms with Gasteiger partial charge in [-0.1, -0.05) is 18.5 Å². The number of anilines is 2. The van der Waals surface area contributed by atoms with Crippen LogP contribution in [0.25, 0.3) is 0 Å². The zero-order valence-electron chi connectivity index (χ0n) is 10.3. The molecule has 0 heterocycles. The molecule has 0 saturated heterocycles. The molecule has 1 unspecified atom stereocenters. The molecule has 1 atom stereocenters. The van der Waals surface area contributed by atoms with E-state index in [2.05, 4.69) is 5.32 Å². The molecule has 0 aromatic heterocycles. The van der Waals surface area contributed by atoms with Gasteiger partial charge in [-0.3, -0.25) is 9.69 Å². The second-order valence-electron chi connectivity index (χ2n) is 3.98. The maximum Gasteiger partial charge on any atom is 0.241 e. The first-order chi connectivity index (χ1) is 7.95. The van der Waals surface area contributed by atoms with Crippen LogP contribution in [0.15, 0.2) is 18.2 Å². The molecule has 0 spiro atoms. The van der Waals surface area contributed by atoms with Gasteiger partial charge in [0.1, 0.15) is 0 Å². The molecule has 1 rings (SSSR count). The van der Waals surface area contributed by atoms with E-state index >= 15 is 0 Å². The molecule has 4 nitrogen and oxygen atoms in total. The third-order valence-corrected chi connectivity index (χ3v) is 3.10. The maximum absolute atomic E-state index is 11.9. The number of nitrogens with two attached hydrogens (primary N) is 1. The number of nitrogens with zero attached hydrogens (tertiary/aromatic N) is 1. The molecule has 17 heavy (non-hydrogen) atoms. The molecule has 0 fully saturated rings. The molecule has 0 aliphatic carbocycles. The Balaban J connectivity index is 2.74. The smallest absolute Gasteiger partial charge is 0.241 e. The molecule has 0 bridgehead atoms. The van der Waals surface area contributed by atoms with Crippen LogP contribution >= 0.6 is 11.6 Å². The zero-order valence-corrected chi connectivity index (χ0v) is 11.1. The van der Waals surface area contributed by atoms with E-state index in [0.717, 1.165) is 6.54 Å². The normalized spacial score (nSPS) is 12.5. The number of hydrogen-bond acceptors (Lipinski definition) is 3. The lowest BCUT2D eigenvalue weighted by atomic mass is 10.2. The van der Waals surface area contributed by atoms with E-state index in [1.165, 1.54) is 0 Å². The summed E-state index contributed by atoms with van der Waals surface area (Å²) in [5.74, 6) is -0.0824. The molecule has 94 valence electrons. The van der Waals surface area contributed by atoms with Gasteiger partial charge in [-0.05, 0) is 38.7 Å². The number of benzene rings is 1. The number of hydrogen-bond donors (Lipinski definition) is 2. The Morgan fingerprint density at radius 3 is 2.76 bits per heavy atom. The molecule has 5 heteroatoms. The van der Waals surface area contributed by atoms with Crippen molar-refractivity contribution in [2.24, 2.45) is 0 Å². The van der Waals surface area contributed by atoms with Gasteiger partial charge in [0.05, 0.1) is 16.8 Å². The topological polar surface area (TPSA) is 58.4 Å². The van der Waals surface area contributed by atoms with Crippen LogP contribution in [0.3, 0.4) is 0 Å². The maximum atomic E-state index is 11.9. The molecule has 1 aromatic rings. The van der Waals surface area contributed by atoms with Crippen molar-refractivity contribution < 1.29 is 4.79 Å². The summed E-state index contributed by atoms with van der Waals surface area (Å²) in [6, 6.07) is 4.82. The minimum Gasteiger partial charge on any atom is -0.399 e. The quantitative estimate of drug-likeness (QED) is 0.811. The summed E-state index contributed by atoms with van der Waals surface area (Å²) in [4.78, 5) is 13.9. The summed E-state index contributed by atoms with van der Waals surface area (Å²) in [5, 5.41) is 3.23. The van der Waals surface area contributed by atoms with E-state index < -0.39 is 0 Å². The van der Waals surface area contributed by atoms with E-state index in [9.17, 15) is 4.79 Å². The van der Waals surface area contributed by atoms with E-state index in [1.807, 2.05) is 25.8 Å². The van der Waals surface area contributed by atoms with Crippen molar-refractivity contribution in [3.05, 3.63) is 23.2 Å². The number of nitrogen functional groups attached to an aromatic ring is 1. The van der Waals surface area contributed by atoms with Crippen LogP contribution in [0, 0.1) is 0 Å². The van der Waals surface area contributed by atoms with Gasteiger partial charge in [-0.15, -0.1) is 0 Å². The number of halogens is 1. The summed E-state index contributed by atoms with van der Waals surface area (Å²) >= 11 is 5.98. The summed E-state index contributed by atoms with van der Waals surface area (Å²) in [5.41, 5.74) is 6.74. The number of carbonyl (C=O) groups is 1. The van der Waals surface area contributed by atoms with Crippen molar-refractivity contribution in [3.63, 3.8) is 0 Å². The van der Waals surface area contributed by atoms with Gasteiger partial charge >= 0.3 is 0 Å². The Morgan fingerprint density at radius 1 is 1.59 bits per heavy atom. The van der Waals surface area contributed by atoms with Crippen molar-refractivity contribution in [1.29, 1.82) is 0 Å². The molecule has 3 N–H and O–H groups in total. The van der Waals surface area contributed by atoms with Crippen LogP contribution in [0.1, 0.15) is 13.8 Å². The molecule has 1 aromatic carbocycles. The first-order valence-electron chi connectivity index (χ1n) is 5.51. The number of nitrogens with one attached hydrogen (secondary N) is 1. The zero-order chi connectivity index (χ0) is 13.0. The Bertz CT molecular complexity index is 409. The summed E-state index contributed by atoms with van der Waals surface area (Å²) in [7, 11) is 1.90. The lowest BCUT2D eigenvalue weighted by Gasteiger charge is -2.22. The number of amides is 1. The van der Waals surface area contributed by atoms with Crippen molar-refractivity contribution in [2.75, 3.05) is 24.6 Å². The highest BCUT2D eigenvalue weighted by Gasteiger charge is 2.17. The van der Waals surface area contributed by atoms with E-state index in [0.29, 0.717) is 16.4 Å². The highest BCUT2D eigenvalue weighted by Crippen LogP contribution is 2.24. The standard InChI is InChI=1S/C12H18ClN3O/c1-4-16(3)8(2)12(17)15-11-6-5-9(14)7-10(11)13/h5-8H,4,14H2,1-3H3,(H,15,17). The third kappa shape index (κ3) is 3.61. The van der Waals surface area contributed by atoms with Gasteiger partial charge < -0.3 is 11.1 Å². The fourth-order valence-electron chi connectivity index (χ4n) is 1.34. The van der Waals surface area contributed by atoms with Crippen LogP contribution in [0.5, 0.6) is 0 Å². The summed E-state index contributed by atoms with van der Waals surface area (Å²) in [6.07, 6.45) is 0. The second kappa shape index (κ2) is 5.89. The lowest BCUT2D eigenvalue weighted by molar-refractivity contribution is -0.120. The highest BCUT2D eigenvalue weighted by molar-refractivity contribution is 6.34. The van der Waals surface area contributed by atoms with Crippen LogP contribution in [0.2, 0.25) is 5.02 Å². The van der Waals surface area contributed by atoms with Crippen molar-refractivity contribution in [1.82, 2.24) is 4.90 Å². The van der Waals surface area contributed by atoms with Gasteiger partial charge in [0.15, 0.2) is 0 Å². The SMILES string of the molecule is CCN(C)C(C)C(=O)Nc1ccc(N)cc1Cl. The summed E-state index contributed by atoms with van der Waals surface area (Å²) < 4.78 is 0. The molecular formula is C12H18ClN3O. The molecule has 0 aliphatic heterocycles. The second-order valence-corrected chi connectivity index (χ2v) is 4.38. The first-order valence-corrected chi connectivity index (χ1v) is 5.89. The minimum absolute atomic E-state index is 0.0824. The van der Waals surface area contributed by atoms with E-state index in [1.54, 1.807) is 18.2 Å². The van der Waals surface area contributed by atoms with Gasteiger partial charge in [-0.2, -0.15) is 0 Å². The lowest BCUT2D eigenvalue weighted by Crippen LogP contribution is -2.39. The molecule has 0 radical (unpaired) electrons. The average molecular weight is 256 g/mol. The van der Waals surface area contributed by atoms with Gasteiger partial charge in [-0.25, -0.2) is 0 Å². The van der Waals surface area contributed by atoms with Gasteiger partial charge in [0, 0.05) is 5.69 Å². The van der Waals surface area contributed by atoms with Crippen molar-refractivity contribution >= 4 is 28.9 Å². The van der Waals surface area contributed by atoms with Gasteiger partial charge in [0.2, 0.25) is 5.91 Å². The first kappa shape index (κ1) is 13.8. The fourth-order valence-corrected chi connectivity index (χ4v) is 1.58. The number of carbonyl (C=O) groups excluding carboxylic acids is 1. The predicted molar refractivity (Wildman–Crippen MR) is 72.3 cm³/mol. The number of rotatable bonds is 4. The van der Waals surface area contributed by atoms with E-state index in [4.69, 9.17) is 17.3 Å².